The number of aromatic nitrogens is 2. The van der Waals surface area contributed by atoms with E-state index in [1.807, 2.05) is 6.07 Å². The summed E-state index contributed by atoms with van der Waals surface area (Å²) in [6.45, 7) is 3.57. The third kappa shape index (κ3) is 2.96. The average molecular weight is 340 g/mol. The van der Waals surface area contributed by atoms with Gasteiger partial charge >= 0.3 is 11.9 Å². The summed E-state index contributed by atoms with van der Waals surface area (Å²) in [5.74, 6) is -1.47. The fourth-order valence-electron chi connectivity index (χ4n) is 2.62. The molecule has 0 atom stereocenters. The molecule has 1 N–H and O–H groups in total. The number of benzene rings is 1. The number of nitrogens with zero attached hydrogens (tertiary/aromatic N) is 1. The van der Waals surface area contributed by atoms with Crippen LogP contribution in [0, 0.1) is 0 Å². The van der Waals surface area contributed by atoms with Gasteiger partial charge in [-0.1, -0.05) is 18.2 Å². The van der Waals surface area contributed by atoms with Gasteiger partial charge in [0.25, 0.3) is 5.56 Å². The number of carbonyl (C=O) groups excluding carboxylic acids is 2. The minimum Gasteiger partial charge on any atom is -0.462 e. The largest absolute Gasteiger partial charge is 0.462 e. The summed E-state index contributed by atoms with van der Waals surface area (Å²) in [5, 5.41) is 1.18. The molecule has 0 fully saturated rings. The number of esters is 2. The van der Waals surface area contributed by atoms with E-state index in [-0.39, 0.29) is 30.0 Å². The van der Waals surface area contributed by atoms with Gasteiger partial charge in [0.2, 0.25) is 0 Å². The van der Waals surface area contributed by atoms with E-state index in [4.69, 9.17) is 9.47 Å². The summed E-state index contributed by atoms with van der Waals surface area (Å²) >= 11 is 0. The highest BCUT2D eigenvalue weighted by Gasteiger charge is 2.23. The lowest BCUT2D eigenvalue weighted by Crippen LogP contribution is -2.19. The Morgan fingerprint density at radius 1 is 1.04 bits per heavy atom. The van der Waals surface area contributed by atoms with Crippen molar-refractivity contribution in [3.05, 3.63) is 51.9 Å². The Morgan fingerprint density at radius 3 is 2.44 bits per heavy atom. The molecule has 0 saturated heterocycles. The molecular weight excluding hydrogens is 324 g/mol. The first kappa shape index (κ1) is 16.6. The molecule has 0 aliphatic heterocycles. The van der Waals surface area contributed by atoms with Gasteiger partial charge in [0.15, 0.2) is 5.69 Å². The number of carbonyl (C=O) groups is 2. The van der Waals surface area contributed by atoms with Crippen molar-refractivity contribution in [2.75, 3.05) is 13.2 Å². The van der Waals surface area contributed by atoms with E-state index in [0.29, 0.717) is 16.3 Å². The molecule has 0 aliphatic carbocycles. The van der Waals surface area contributed by atoms with Crippen LogP contribution in [0.5, 0.6) is 0 Å². The topological polar surface area (TPSA) is 98.3 Å². The number of hydrogen-bond acceptors (Lipinski definition) is 6. The Hall–Kier alpha value is -3.22. The second-order valence-electron chi connectivity index (χ2n) is 5.22. The third-order valence-corrected chi connectivity index (χ3v) is 3.67. The number of H-pyrrole nitrogens is 1. The van der Waals surface area contributed by atoms with Gasteiger partial charge in [0.05, 0.1) is 18.8 Å². The van der Waals surface area contributed by atoms with Gasteiger partial charge in [-0.2, -0.15) is 0 Å². The summed E-state index contributed by atoms with van der Waals surface area (Å²) in [7, 11) is 0. The van der Waals surface area contributed by atoms with Gasteiger partial charge in [0, 0.05) is 16.3 Å². The minimum atomic E-state index is -0.778. The van der Waals surface area contributed by atoms with Gasteiger partial charge < -0.3 is 14.5 Å². The lowest BCUT2D eigenvalue weighted by atomic mass is 10.1. The SMILES string of the molecule is CCOC(=O)c1cc2c(nc1C(=O)OCC)c(=O)[nH]c1ccccc12. The van der Waals surface area contributed by atoms with Crippen LogP contribution in [0.3, 0.4) is 0 Å². The summed E-state index contributed by atoms with van der Waals surface area (Å²) in [6.07, 6.45) is 0. The predicted octanol–water partition coefficient (Wildman–Crippen LogP) is 2.43. The smallest absolute Gasteiger partial charge is 0.357 e. The fourth-order valence-corrected chi connectivity index (χ4v) is 2.62. The fraction of sp³-hybridized carbons (Fsp3) is 0.222. The zero-order chi connectivity index (χ0) is 18.0. The number of nitrogens with one attached hydrogen (secondary N) is 1. The van der Waals surface area contributed by atoms with Crippen molar-refractivity contribution in [1.82, 2.24) is 9.97 Å². The number of aromatic amines is 1. The summed E-state index contributed by atoms with van der Waals surface area (Å²) in [6, 6.07) is 8.61. The van der Waals surface area contributed by atoms with E-state index >= 15 is 0 Å². The number of rotatable bonds is 4. The third-order valence-electron chi connectivity index (χ3n) is 3.67. The molecule has 0 bridgehead atoms. The molecule has 25 heavy (non-hydrogen) atoms. The molecule has 0 spiro atoms. The van der Waals surface area contributed by atoms with E-state index in [1.165, 1.54) is 6.07 Å². The molecule has 128 valence electrons. The first-order chi connectivity index (χ1) is 12.1. The van der Waals surface area contributed by atoms with Crippen molar-refractivity contribution in [3.8, 4) is 0 Å². The van der Waals surface area contributed by atoms with Gasteiger partial charge in [-0.05, 0) is 26.0 Å². The number of ether oxygens (including phenoxy) is 2. The molecule has 0 saturated carbocycles. The van der Waals surface area contributed by atoms with E-state index < -0.39 is 17.5 Å². The molecule has 0 aliphatic rings. The van der Waals surface area contributed by atoms with E-state index in [0.717, 1.165) is 0 Å². The summed E-state index contributed by atoms with van der Waals surface area (Å²) in [4.78, 5) is 43.7. The maximum atomic E-state index is 12.3. The van der Waals surface area contributed by atoms with Crippen molar-refractivity contribution in [3.63, 3.8) is 0 Å². The molecule has 1 aromatic carbocycles. The van der Waals surface area contributed by atoms with Crippen molar-refractivity contribution in [1.29, 1.82) is 0 Å². The normalized spacial score (nSPS) is 10.8. The van der Waals surface area contributed by atoms with Crippen molar-refractivity contribution in [2.45, 2.75) is 13.8 Å². The molecule has 2 aromatic heterocycles. The van der Waals surface area contributed by atoms with Crippen LogP contribution in [-0.4, -0.2) is 35.1 Å². The van der Waals surface area contributed by atoms with Crippen molar-refractivity contribution < 1.29 is 19.1 Å². The summed E-state index contributed by atoms with van der Waals surface area (Å²) < 4.78 is 9.97. The number of hydrogen-bond donors (Lipinski definition) is 1. The zero-order valence-corrected chi connectivity index (χ0v) is 13.8. The van der Waals surface area contributed by atoms with Gasteiger partial charge in [-0.15, -0.1) is 0 Å². The maximum Gasteiger partial charge on any atom is 0.357 e. The lowest BCUT2D eigenvalue weighted by molar-refractivity contribution is 0.0474. The van der Waals surface area contributed by atoms with Crippen LogP contribution >= 0.6 is 0 Å². The van der Waals surface area contributed by atoms with Crippen LogP contribution < -0.4 is 5.56 Å². The predicted molar refractivity (Wildman–Crippen MR) is 91.8 cm³/mol. The Balaban J connectivity index is 2.38. The van der Waals surface area contributed by atoms with Crippen LogP contribution in [0.1, 0.15) is 34.7 Å². The Kier molecular flexibility index (Phi) is 4.47. The molecule has 7 nitrogen and oxygen atoms in total. The van der Waals surface area contributed by atoms with Crippen LogP contribution in [0.4, 0.5) is 0 Å². The molecule has 2 heterocycles. The number of pyridine rings is 2. The second kappa shape index (κ2) is 6.72. The van der Waals surface area contributed by atoms with E-state index in [9.17, 15) is 14.4 Å². The van der Waals surface area contributed by atoms with E-state index in [2.05, 4.69) is 9.97 Å². The highest BCUT2D eigenvalue weighted by Crippen LogP contribution is 2.23. The average Bonchev–Trinajstić information content (AvgIpc) is 2.61. The van der Waals surface area contributed by atoms with E-state index in [1.54, 1.807) is 32.0 Å². The lowest BCUT2D eigenvalue weighted by Gasteiger charge is -2.10. The minimum absolute atomic E-state index is 0.0245. The van der Waals surface area contributed by atoms with Crippen LogP contribution in [0.15, 0.2) is 35.1 Å². The van der Waals surface area contributed by atoms with Crippen molar-refractivity contribution in [2.24, 2.45) is 0 Å². The molecule has 0 amide bonds. The monoisotopic (exact) mass is 340 g/mol. The highest BCUT2D eigenvalue weighted by molar-refractivity contribution is 6.10. The molecule has 0 radical (unpaired) electrons. The van der Waals surface area contributed by atoms with Gasteiger partial charge in [-0.25, -0.2) is 14.6 Å². The molecule has 3 rings (SSSR count). The maximum absolute atomic E-state index is 12.3. The highest BCUT2D eigenvalue weighted by atomic mass is 16.5. The molecular formula is C18H16N2O5. The Morgan fingerprint density at radius 2 is 1.72 bits per heavy atom. The summed E-state index contributed by atoms with van der Waals surface area (Å²) in [5.41, 5.74) is -0.0258. The first-order valence-electron chi connectivity index (χ1n) is 7.86. The first-order valence-corrected chi connectivity index (χ1v) is 7.86. The van der Waals surface area contributed by atoms with Crippen molar-refractivity contribution >= 4 is 33.7 Å². The Bertz CT molecular complexity index is 1040. The van der Waals surface area contributed by atoms with Gasteiger partial charge in [-0.3, -0.25) is 4.79 Å². The zero-order valence-electron chi connectivity index (χ0n) is 13.8. The second-order valence-corrected chi connectivity index (χ2v) is 5.22. The quantitative estimate of drug-likeness (QED) is 0.578. The molecule has 7 heteroatoms. The number of fused-ring (bicyclic) bond motifs is 3. The Labute approximate surface area is 142 Å². The molecule has 3 aromatic rings. The number of para-hydroxylation sites is 1. The van der Waals surface area contributed by atoms with Crippen LogP contribution in [0.25, 0.3) is 21.8 Å². The standard InChI is InChI=1S/C18H16N2O5/c1-3-24-17(22)12-9-11-10-7-5-6-8-13(10)19-16(21)14(11)20-15(12)18(23)25-4-2/h5-9H,3-4H2,1-2H3,(H,19,21). The van der Waals surface area contributed by atoms with Crippen LogP contribution in [0.2, 0.25) is 0 Å². The van der Waals surface area contributed by atoms with Crippen LogP contribution in [-0.2, 0) is 9.47 Å². The molecule has 0 unspecified atom stereocenters. The van der Waals surface area contributed by atoms with Gasteiger partial charge in [0.1, 0.15) is 5.52 Å².